The van der Waals surface area contributed by atoms with E-state index in [9.17, 15) is 17.6 Å². The molecule has 0 amide bonds. The molecule has 2 rings (SSSR count). The summed E-state index contributed by atoms with van der Waals surface area (Å²) >= 11 is 0. The molecule has 0 saturated heterocycles. The van der Waals surface area contributed by atoms with E-state index in [-0.39, 0.29) is 29.7 Å². The molecule has 1 fully saturated rings. The Bertz CT molecular complexity index is 690. The highest BCUT2D eigenvalue weighted by Gasteiger charge is 2.36. The summed E-state index contributed by atoms with van der Waals surface area (Å²) in [7, 11) is -3.58. The van der Waals surface area contributed by atoms with Gasteiger partial charge in [-0.05, 0) is 56.6 Å². The van der Waals surface area contributed by atoms with Gasteiger partial charge in [0, 0.05) is 13.0 Å². The fourth-order valence-electron chi connectivity index (χ4n) is 3.62. The topological polar surface area (TPSA) is 83.5 Å². The number of carbonyl (C=O) groups is 1. The van der Waals surface area contributed by atoms with Crippen molar-refractivity contribution in [2.45, 2.75) is 62.9 Å². The molecule has 0 radical (unpaired) electrons. The van der Waals surface area contributed by atoms with Gasteiger partial charge in [-0.25, -0.2) is 17.5 Å². The van der Waals surface area contributed by atoms with Crippen LogP contribution in [0.5, 0.6) is 0 Å². The molecule has 0 aliphatic heterocycles. The zero-order valence-corrected chi connectivity index (χ0v) is 16.0. The van der Waals surface area contributed by atoms with Gasteiger partial charge in [0.05, 0.1) is 4.90 Å². The second-order valence-corrected chi connectivity index (χ2v) is 8.94. The molecule has 26 heavy (non-hydrogen) atoms. The fraction of sp³-hybridized carbons (Fsp3) is 0.632. The predicted octanol–water partition coefficient (Wildman–Crippen LogP) is 3.67. The molecule has 3 atom stereocenters. The summed E-state index contributed by atoms with van der Waals surface area (Å²) in [4.78, 5) is 10.7. The van der Waals surface area contributed by atoms with Crippen molar-refractivity contribution in [1.29, 1.82) is 0 Å². The third-order valence-corrected chi connectivity index (χ3v) is 6.62. The van der Waals surface area contributed by atoms with Crippen LogP contribution in [0.25, 0.3) is 0 Å². The summed E-state index contributed by atoms with van der Waals surface area (Å²) in [6, 6.07) is 6.65. The third-order valence-electron chi connectivity index (χ3n) is 5.18. The quantitative estimate of drug-likeness (QED) is 0.602. The van der Waals surface area contributed by atoms with Crippen molar-refractivity contribution in [3.8, 4) is 0 Å². The zero-order chi connectivity index (χ0) is 19.2. The average molecular weight is 386 g/mol. The fourth-order valence-corrected chi connectivity index (χ4v) is 4.71. The summed E-state index contributed by atoms with van der Waals surface area (Å²) in [6.07, 6.45) is 3.21. The van der Waals surface area contributed by atoms with E-state index in [2.05, 4.69) is 4.72 Å². The Morgan fingerprint density at radius 1 is 1.19 bits per heavy atom. The van der Waals surface area contributed by atoms with Crippen LogP contribution in [0.2, 0.25) is 0 Å². The monoisotopic (exact) mass is 385 g/mol. The molecule has 0 aromatic heterocycles. The number of nitrogens with one attached hydrogen (secondary N) is 1. The highest BCUT2D eigenvalue weighted by molar-refractivity contribution is 7.89. The third kappa shape index (κ3) is 6.06. The molecule has 1 saturated carbocycles. The standard InChI is InChI=1S/C19H28FNO4S/c1-14-7-10-16(11-8-14)26(24,25)21-13-15-9-12-18(20)17(15)5-3-2-4-6-19(22)23/h7-8,10-11,15,17-18,21H,2-6,9,12-13H2,1H3,(H,22,23)/t15-,17-,18-/m1/s1. The number of sulfonamides is 1. The van der Waals surface area contributed by atoms with Gasteiger partial charge >= 0.3 is 5.97 Å². The number of hydrogen-bond acceptors (Lipinski definition) is 3. The predicted molar refractivity (Wildman–Crippen MR) is 98.2 cm³/mol. The number of alkyl halides is 1. The lowest BCUT2D eigenvalue weighted by Crippen LogP contribution is -2.32. The SMILES string of the molecule is Cc1ccc(S(=O)(=O)NC[C@H]2CC[C@@H](F)[C@@H]2CCCCCC(=O)O)cc1. The molecule has 1 aromatic rings. The first-order valence-corrected chi connectivity index (χ1v) is 10.7. The van der Waals surface area contributed by atoms with Gasteiger partial charge in [0.25, 0.3) is 0 Å². The van der Waals surface area contributed by atoms with E-state index in [0.29, 0.717) is 25.7 Å². The summed E-state index contributed by atoms with van der Waals surface area (Å²) in [5.41, 5.74) is 0.989. The Balaban J connectivity index is 1.84. The largest absolute Gasteiger partial charge is 0.481 e. The highest BCUT2D eigenvalue weighted by atomic mass is 32.2. The second kappa shape index (κ2) is 9.46. The Kier molecular flexibility index (Phi) is 7.58. The molecule has 2 N–H and O–H groups in total. The lowest BCUT2D eigenvalue weighted by atomic mass is 9.90. The van der Waals surface area contributed by atoms with Gasteiger partial charge in [-0.3, -0.25) is 4.79 Å². The number of aryl methyl sites for hydroxylation is 1. The number of halogens is 1. The van der Waals surface area contributed by atoms with Gasteiger partial charge in [-0.15, -0.1) is 0 Å². The molecule has 0 spiro atoms. The van der Waals surface area contributed by atoms with Crippen molar-refractivity contribution in [2.75, 3.05) is 6.54 Å². The van der Waals surface area contributed by atoms with Crippen LogP contribution in [0.1, 0.15) is 50.5 Å². The molecular weight excluding hydrogens is 357 g/mol. The van der Waals surface area contributed by atoms with Crippen LogP contribution < -0.4 is 4.72 Å². The van der Waals surface area contributed by atoms with Crippen LogP contribution >= 0.6 is 0 Å². The van der Waals surface area contributed by atoms with E-state index in [0.717, 1.165) is 18.4 Å². The Labute approximate surface area is 155 Å². The van der Waals surface area contributed by atoms with Gasteiger partial charge < -0.3 is 5.11 Å². The maximum Gasteiger partial charge on any atom is 0.303 e. The van der Waals surface area contributed by atoms with Crippen LogP contribution in [-0.2, 0) is 14.8 Å². The summed E-state index contributed by atoms with van der Waals surface area (Å²) in [6.45, 7) is 2.14. The first-order valence-electron chi connectivity index (χ1n) is 9.22. The molecule has 1 aromatic carbocycles. The van der Waals surface area contributed by atoms with E-state index >= 15 is 0 Å². The van der Waals surface area contributed by atoms with Crippen molar-refractivity contribution >= 4 is 16.0 Å². The van der Waals surface area contributed by atoms with E-state index in [1.54, 1.807) is 24.3 Å². The first-order chi connectivity index (χ1) is 12.3. The van der Waals surface area contributed by atoms with Gasteiger partial charge in [0.15, 0.2) is 0 Å². The molecule has 5 nitrogen and oxygen atoms in total. The lowest BCUT2D eigenvalue weighted by Gasteiger charge is -2.21. The second-order valence-electron chi connectivity index (χ2n) is 7.18. The van der Waals surface area contributed by atoms with E-state index in [1.807, 2.05) is 6.92 Å². The summed E-state index contributed by atoms with van der Waals surface area (Å²) in [5.74, 6) is -0.970. The number of benzene rings is 1. The van der Waals surface area contributed by atoms with Crippen LogP contribution in [0, 0.1) is 18.8 Å². The Morgan fingerprint density at radius 3 is 2.54 bits per heavy atom. The molecule has 1 aliphatic rings. The Hall–Kier alpha value is -1.47. The molecule has 0 heterocycles. The van der Waals surface area contributed by atoms with Crippen molar-refractivity contribution in [1.82, 2.24) is 4.72 Å². The zero-order valence-electron chi connectivity index (χ0n) is 15.2. The van der Waals surface area contributed by atoms with Crippen LogP contribution in [-0.4, -0.2) is 32.2 Å². The number of carboxylic acid groups (broad SMARTS) is 1. The number of hydrogen-bond donors (Lipinski definition) is 2. The normalized spacial score (nSPS) is 23.2. The van der Waals surface area contributed by atoms with E-state index in [4.69, 9.17) is 5.11 Å². The average Bonchev–Trinajstić information content (AvgIpc) is 2.93. The molecule has 0 bridgehead atoms. The highest BCUT2D eigenvalue weighted by Crippen LogP contribution is 2.37. The lowest BCUT2D eigenvalue weighted by molar-refractivity contribution is -0.137. The maximum absolute atomic E-state index is 14.2. The van der Waals surface area contributed by atoms with Crippen LogP contribution in [0.3, 0.4) is 0 Å². The molecule has 146 valence electrons. The Morgan fingerprint density at radius 2 is 1.88 bits per heavy atom. The minimum Gasteiger partial charge on any atom is -0.481 e. The van der Waals surface area contributed by atoms with Crippen molar-refractivity contribution in [2.24, 2.45) is 11.8 Å². The molecule has 7 heteroatoms. The molecular formula is C19H28FNO4S. The molecule has 0 unspecified atom stereocenters. The number of carboxylic acids is 1. The number of unbranched alkanes of at least 4 members (excludes halogenated alkanes) is 2. The summed E-state index contributed by atoms with van der Waals surface area (Å²) < 4.78 is 41.6. The van der Waals surface area contributed by atoms with E-state index in [1.165, 1.54) is 0 Å². The first kappa shape index (κ1) is 20.8. The summed E-state index contributed by atoms with van der Waals surface area (Å²) in [5, 5.41) is 8.64. The van der Waals surface area contributed by atoms with Crippen molar-refractivity contribution < 1.29 is 22.7 Å². The van der Waals surface area contributed by atoms with Crippen molar-refractivity contribution in [3.63, 3.8) is 0 Å². The van der Waals surface area contributed by atoms with Gasteiger partial charge in [0.1, 0.15) is 6.17 Å². The van der Waals surface area contributed by atoms with Crippen LogP contribution in [0.15, 0.2) is 29.2 Å². The van der Waals surface area contributed by atoms with Crippen molar-refractivity contribution in [3.05, 3.63) is 29.8 Å². The van der Waals surface area contributed by atoms with Gasteiger partial charge in [-0.1, -0.05) is 30.5 Å². The minimum absolute atomic E-state index is 0.00954. The van der Waals surface area contributed by atoms with Gasteiger partial charge in [-0.2, -0.15) is 0 Å². The minimum atomic E-state index is -3.58. The van der Waals surface area contributed by atoms with Crippen LogP contribution in [0.4, 0.5) is 4.39 Å². The smallest absolute Gasteiger partial charge is 0.303 e. The maximum atomic E-state index is 14.2. The van der Waals surface area contributed by atoms with Gasteiger partial charge in [0.2, 0.25) is 10.0 Å². The molecule has 1 aliphatic carbocycles. The number of rotatable bonds is 10. The van der Waals surface area contributed by atoms with E-state index < -0.39 is 22.2 Å². The number of aliphatic carboxylic acids is 1.